The number of nitrogens with zero attached hydrogens (tertiary/aromatic N) is 1. The first-order valence-corrected chi connectivity index (χ1v) is 5.49. The number of methoxy groups -OCH3 is 1. The Morgan fingerprint density at radius 3 is 2.76 bits per heavy atom. The number of phenols is 1. The standard InChI is InChI=1S/C13H12ClNO2/c1-8-6-12(16)10(7-11(8)14)9-4-3-5-15-13(9)17-2/h3-7,16H,1-2H3. The Morgan fingerprint density at radius 1 is 1.29 bits per heavy atom. The number of benzene rings is 1. The molecule has 1 aromatic heterocycles. The topological polar surface area (TPSA) is 42.4 Å². The van der Waals surface area contributed by atoms with Crippen molar-refractivity contribution in [2.45, 2.75) is 6.92 Å². The molecule has 17 heavy (non-hydrogen) atoms. The number of ether oxygens (including phenoxy) is 1. The summed E-state index contributed by atoms with van der Waals surface area (Å²) in [5.74, 6) is 0.626. The van der Waals surface area contributed by atoms with Gasteiger partial charge in [0.2, 0.25) is 5.88 Å². The van der Waals surface area contributed by atoms with E-state index < -0.39 is 0 Å². The van der Waals surface area contributed by atoms with Crippen LogP contribution in [0.5, 0.6) is 11.6 Å². The van der Waals surface area contributed by atoms with Crippen molar-refractivity contribution in [1.29, 1.82) is 0 Å². The smallest absolute Gasteiger partial charge is 0.221 e. The summed E-state index contributed by atoms with van der Waals surface area (Å²) in [6.07, 6.45) is 1.63. The lowest BCUT2D eigenvalue weighted by Crippen LogP contribution is -1.91. The predicted octanol–water partition coefficient (Wildman–Crippen LogP) is 3.42. The van der Waals surface area contributed by atoms with Crippen LogP contribution in [0.2, 0.25) is 5.02 Å². The molecule has 1 N–H and O–H groups in total. The molecule has 0 radical (unpaired) electrons. The van der Waals surface area contributed by atoms with Crippen LogP contribution in [0.4, 0.5) is 0 Å². The molecular formula is C13H12ClNO2. The second-order valence-corrected chi connectivity index (χ2v) is 4.09. The summed E-state index contributed by atoms with van der Waals surface area (Å²) < 4.78 is 5.16. The first-order valence-electron chi connectivity index (χ1n) is 5.12. The number of hydrogen-bond donors (Lipinski definition) is 1. The van der Waals surface area contributed by atoms with Gasteiger partial charge in [-0.15, -0.1) is 0 Å². The van der Waals surface area contributed by atoms with Gasteiger partial charge in [-0.05, 0) is 36.8 Å². The molecule has 0 saturated heterocycles. The van der Waals surface area contributed by atoms with E-state index in [0.717, 1.165) is 11.1 Å². The van der Waals surface area contributed by atoms with Crippen molar-refractivity contribution in [3.63, 3.8) is 0 Å². The van der Waals surface area contributed by atoms with Gasteiger partial charge in [0.15, 0.2) is 0 Å². The van der Waals surface area contributed by atoms with E-state index in [1.807, 2.05) is 13.0 Å². The number of halogens is 1. The van der Waals surface area contributed by atoms with Gasteiger partial charge < -0.3 is 9.84 Å². The van der Waals surface area contributed by atoms with Crippen LogP contribution in [-0.4, -0.2) is 17.2 Å². The summed E-state index contributed by atoms with van der Waals surface area (Å²) in [7, 11) is 1.54. The average molecular weight is 250 g/mol. The largest absolute Gasteiger partial charge is 0.507 e. The Morgan fingerprint density at radius 2 is 2.06 bits per heavy atom. The second kappa shape index (κ2) is 4.63. The Balaban J connectivity index is 2.64. The van der Waals surface area contributed by atoms with E-state index >= 15 is 0 Å². The maximum Gasteiger partial charge on any atom is 0.221 e. The van der Waals surface area contributed by atoms with Crippen molar-refractivity contribution in [2.75, 3.05) is 7.11 Å². The monoisotopic (exact) mass is 249 g/mol. The highest BCUT2D eigenvalue weighted by molar-refractivity contribution is 6.31. The lowest BCUT2D eigenvalue weighted by Gasteiger charge is -2.10. The van der Waals surface area contributed by atoms with Crippen LogP contribution < -0.4 is 4.74 Å². The van der Waals surface area contributed by atoms with E-state index in [4.69, 9.17) is 16.3 Å². The van der Waals surface area contributed by atoms with Gasteiger partial charge in [0, 0.05) is 22.3 Å². The fourth-order valence-corrected chi connectivity index (χ4v) is 1.80. The molecule has 0 atom stereocenters. The van der Waals surface area contributed by atoms with Crippen LogP contribution in [0.1, 0.15) is 5.56 Å². The predicted molar refractivity (Wildman–Crippen MR) is 67.6 cm³/mol. The minimum atomic E-state index is 0.165. The molecule has 0 aliphatic carbocycles. The number of aromatic hydroxyl groups is 1. The first kappa shape index (κ1) is 11.7. The second-order valence-electron chi connectivity index (χ2n) is 3.68. The van der Waals surface area contributed by atoms with Gasteiger partial charge in [0.25, 0.3) is 0 Å². The van der Waals surface area contributed by atoms with Crippen LogP contribution in [-0.2, 0) is 0 Å². The number of hydrogen-bond acceptors (Lipinski definition) is 3. The lowest BCUT2D eigenvalue weighted by atomic mass is 10.0. The fourth-order valence-electron chi connectivity index (χ4n) is 1.64. The SMILES string of the molecule is COc1ncccc1-c1cc(Cl)c(C)cc1O. The molecule has 0 aliphatic rings. The zero-order chi connectivity index (χ0) is 12.4. The third kappa shape index (κ3) is 2.19. The normalized spacial score (nSPS) is 10.3. The molecule has 0 fully saturated rings. The summed E-state index contributed by atoms with van der Waals surface area (Å²) in [5.41, 5.74) is 2.16. The van der Waals surface area contributed by atoms with Crippen molar-refractivity contribution in [2.24, 2.45) is 0 Å². The average Bonchev–Trinajstić information content (AvgIpc) is 2.34. The third-order valence-electron chi connectivity index (χ3n) is 2.53. The number of phenolic OH excluding ortho intramolecular Hbond substituents is 1. The van der Waals surface area contributed by atoms with E-state index in [9.17, 15) is 5.11 Å². The number of aryl methyl sites for hydroxylation is 1. The zero-order valence-electron chi connectivity index (χ0n) is 9.57. The van der Waals surface area contributed by atoms with Crippen LogP contribution in [0.15, 0.2) is 30.5 Å². The van der Waals surface area contributed by atoms with Gasteiger partial charge in [-0.25, -0.2) is 4.98 Å². The maximum atomic E-state index is 9.95. The van der Waals surface area contributed by atoms with E-state index in [-0.39, 0.29) is 5.75 Å². The van der Waals surface area contributed by atoms with Crippen molar-refractivity contribution >= 4 is 11.6 Å². The van der Waals surface area contributed by atoms with Crippen LogP contribution >= 0.6 is 11.6 Å². The van der Waals surface area contributed by atoms with E-state index in [0.29, 0.717) is 16.5 Å². The first-order chi connectivity index (χ1) is 8.13. The van der Waals surface area contributed by atoms with Crippen molar-refractivity contribution in [1.82, 2.24) is 4.98 Å². The molecule has 0 aliphatic heterocycles. The molecule has 0 bridgehead atoms. The van der Waals surface area contributed by atoms with Crippen molar-refractivity contribution in [3.8, 4) is 22.8 Å². The van der Waals surface area contributed by atoms with Gasteiger partial charge >= 0.3 is 0 Å². The van der Waals surface area contributed by atoms with Crippen LogP contribution in [0.3, 0.4) is 0 Å². The minimum Gasteiger partial charge on any atom is -0.507 e. The Hall–Kier alpha value is -1.74. The molecular weight excluding hydrogens is 238 g/mol. The molecule has 88 valence electrons. The fraction of sp³-hybridized carbons (Fsp3) is 0.154. The molecule has 2 aromatic rings. The van der Waals surface area contributed by atoms with Crippen LogP contribution in [0, 0.1) is 6.92 Å². The Kier molecular flexibility index (Phi) is 3.20. The molecule has 0 saturated carbocycles. The molecule has 0 spiro atoms. The lowest BCUT2D eigenvalue weighted by molar-refractivity contribution is 0.399. The minimum absolute atomic E-state index is 0.165. The number of aromatic nitrogens is 1. The van der Waals surface area contributed by atoms with E-state index in [1.54, 1.807) is 31.5 Å². The summed E-state index contributed by atoms with van der Waals surface area (Å²) >= 11 is 6.06. The molecule has 3 nitrogen and oxygen atoms in total. The molecule has 4 heteroatoms. The molecule has 0 amide bonds. The molecule has 0 unspecified atom stereocenters. The van der Waals surface area contributed by atoms with E-state index in [1.165, 1.54) is 0 Å². The number of pyridine rings is 1. The molecule has 2 rings (SSSR count). The summed E-state index contributed by atoms with van der Waals surface area (Å²) in [6, 6.07) is 6.95. The van der Waals surface area contributed by atoms with E-state index in [2.05, 4.69) is 4.98 Å². The highest BCUT2D eigenvalue weighted by Gasteiger charge is 2.12. The highest BCUT2D eigenvalue weighted by Crippen LogP contribution is 2.37. The Labute approximate surface area is 105 Å². The van der Waals surface area contributed by atoms with Gasteiger partial charge in [-0.1, -0.05) is 11.6 Å². The van der Waals surface area contributed by atoms with Gasteiger partial charge in [0.05, 0.1) is 7.11 Å². The van der Waals surface area contributed by atoms with Gasteiger partial charge in [-0.3, -0.25) is 0 Å². The van der Waals surface area contributed by atoms with Gasteiger partial charge in [-0.2, -0.15) is 0 Å². The zero-order valence-corrected chi connectivity index (χ0v) is 10.3. The summed E-state index contributed by atoms with van der Waals surface area (Å²) in [5, 5.41) is 10.5. The summed E-state index contributed by atoms with van der Waals surface area (Å²) in [4.78, 5) is 4.09. The Bertz CT molecular complexity index is 555. The quantitative estimate of drug-likeness (QED) is 0.887. The molecule has 1 aromatic carbocycles. The van der Waals surface area contributed by atoms with Crippen LogP contribution in [0.25, 0.3) is 11.1 Å². The van der Waals surface area contributed by atoms with Gasteiger partial charge in [0.1, 0.15) is 5.75 Å². The highest BCUT2D eigenvalue weighted by atomic mass is 35.5. The maximum absolute atomic E-state index is 9.95. The van der Waals surface area contributed by atoms with Crippen molar-refractivity contribution in [3.05, 3.63) is 41.0 Å². The summed E-state index contributed by atoms with van der Waals surface area (Å²) in [6.45, 7) is 1.84. The third-order valence-corrected chi connectivity index (χ3v) is 2.94. The number of rotatable bonds is 2. The molecule has 1 heterocycles. The van der Waals surface area contributed by atoms with Crippen molar-refractivity contribution < 1.29 is 9.84 Å².